The normalized spacial score (nSPS) is 11.3. The molecule has 20 heavy (non-hydrogen) atoms. The lowest BCUT2D eigenvalue weighted by Crippen LogP contribution is -2.29. The zero-order valence-electron chi connectivity index (χ0n) is 11.6. The Morgan fingerprint density at radius 3 is 2.65 bits per heavy atom. The quantitative estimate of drug-likeness (QED) is 0.620. The topological polar surface area (TPSA) is 98.3 Å². The van der Waals surface area contributed by atoms with Gasteiger partial charge in [0.15, 0.2) is 0 Å². The second-order valence-electron chi connectivity index (χ2n) is 4.48. The van der Waals surface area contributed by atoms with Crippen molar-refractivity contribution in [2.45, 2.75) is 32.7 Å². The van der Waals surface area contributed by atoms with Gasteiger partial charge in [0.2, 0.25) is 0 Å². The molecule has 0 fully saturated rings. The van der Waals surface area contributed by atoms with Gasteiger partial charge < -0.3 is 11.1 Å². The van der Waals surface area contributed by atoms with Gasteiger partial charge in [0.25, 0.3) is 11.6 Å². The van der Waals surface area contributed by atoms with Crippen molar-refractivity contribution in [2.75, 3.05) is 6.54 Å². The maximum atomic E-state index is 11.8. The van der Waals surface area contributed by atoms with Crippen LogP contribution in [0.15, 0.2) is 18.2 Å². The highest BCUT2D eigenvalue weighted by Crippen LogP contribution is 2.20. The maximum Gasteiger partial charge on any atom is 0.273 e. The molecule has 1 atom stereocenters. The molecule has 0 bridgehead atoms. The highest BCUT2D eigenvalue weighted by atomic mass is 35.5. The molecule has 1 amide bonds. The molecule has 0 aliphatic rings. The van der Waals surface area contributed by atoms with E-state index in [0.29, 0.717) is 30.5 Å². The van der Waals surface area contributed by atoms with Gasteiger partial charge in [-0.2, -0.15) is 0 Å². The molecule has 0 saturated heterocycles. The van der Waals surface area contributed by atoms with E-state index in [1.807, 2.05) is 13.8 Å². The molecule has 0 spiro atoms. The fourth-order valence-corrected chi connectivity index (χ4v) is 1.69. The van der Waals surface area contributed by atoms with Crippen molar-refractivity contribution in [1.82, 2.24) is 5.32 Å². The summed E-state index contributed by atoms with van der Waals surface area (Å²) in [6, 6.07) is 4.56. The molecule has 1 aromatic carbocycles. The molecule has 3 N–H and O–H groups in total. The third kappa shape index (κ3) is 5.14. The van der Waals surface area contributed by atoms with E-state index < -0.39 is 4.92 Å². The van der Waals surface area contributed by atoms with Crippen LogP contribution in [0.4, 0.5) is 5.69 Å². The monoisotopic (exact) mass is 301 g/mol. The first-order chi connectivity index (χ1) is 8.95. The molecule has 0 aliphatic carbocycles. The summed E-state index contributed by atoms with van der Waals surface area (Å²) in [6.45, 7) is 4.15. The van der Waals surface area contributed by atoms with E-state index in [-0.39, 0.29) is 30.0 Å². The number of carbonyl (C=O) groups excluding carboxylic acids is 1. The van der Waals surface area contributed by atoms with Crippen LogP contribution in [0.25, 0.3) is 0 Å². The average Bonchev–Trinajstić information content (AvgIpc) is 2.37. The van der Waals surface area contributed by atoms with Gasteiger partial charge in [-0.05, 0) is 25.8 Å². The summed E-state index contributed by atoms with van der Waals surface area (Å²) in [5, 5.41) is 13.6. The zero-order valence-corrected chi connectivity index (χ0v) is 12.4. The van der Waals surface area contributed by atoms with Gasteiger partial charge in [0.05, 0.1) is 4.92 Å². The number of hydrogen-bond donors (Lipinski definition) is 2. The van der Waals surface area contributed by atoms with Crippen LogP contribution in [0.5, 0.6) is 0 Å². The first-order valence-electron chi connectivity index (χ1n) is 6.26. The summed E-state index contributed by atoms with van der Waals surface area (Å²) in [4.78, 5) is 22.3. The lowest BCUT2D eigenvalue weighted by atomic mass is 10.1. The molecule has 6 nitrogen and oxygen atoms in total. The van der Waals surface area contributed by atoms with Crippen LogP contribution in [0.2, 0.25) is 0 Å². The lowest BCUT2D eigenvalue weighted by molar-refractivity contribution is -0.385. The minimum Gasteiger partial charge on any atom is -0.352 e. The first kappa shape index (κ1) is 18.3. The minimum atomic E-state index is -0.461. The number of carbonyl (C=O) groups is 1. The molecular formula is C13H20ClN3O3. The summed E-state index contributed by atoms with van der Waals surface area (Å²) < 4.78 is 0. The predicted octanol–water partition coefficient (Wildman–Crippen LogP) is 2.05. The Kier molecular flexibility index (Phi) is 7.79. The number of halogens is 1. The number of nitro groups is 1. The van der Waals surface area contributed by atoms with Gasteiger partial charge in [-0.15, -0.1) is 12.4 Å². The molecule has 0 aromatic heterocycles. The number of rotatable bonds is 6. The number of amides is 1. The van der Waals surface area contributed by atoms with Gasteiger partial charge in [-0.1, -0.05) is 13.0 Å². The average molecular weight is 302 g/mol. The lowest BCUT2D eigenvalue weighted by Gasteiger charge is -2.08. The van der Waals surface area contributed by atoms with E-state index >= 15 is 0 Å². The van der Waals surface area contributed by atoms with Gasteiger partial charge in [0, 0.05) is 29.8 Å². The van der Waals surface area contributed by atoms with Crippen LogP contribution in [0.1, 0.15) is 36.2 Å². The molecule has 112 valence electrons. The van der Waals surface area contributed by atoms with Crippen molar-refractivity contribution in [3.05, 3.63) is 39.4 Å². The van der Waals surface area contributed by atoms with Crippen LogP contribution in [0, 0.1) is 10.1 Å². The largest absolute Gasteiger partial charge is 0.352 e. The summed E-state index contributed by atoms with van der Waals surface area (Å²) in [5.74, 6) is -0.314. The Balaban J connectivity index is 0.00000361. The SMILES string of the molecule is CCc1ccc(C(=O)NCCC(C)N)cc1[N+](=O)[O-].Cl. The predicted molar refractivity (Wildman–Crippen MR) is 80.3 cm³/mol. The number of benzene rings is 1. The molecule has 1 rings (SSSR count). The van der Waals surface area contributed by atoms with Crippen molar-refractivity contribution in [3.8, 4) is 0 Å². The number of aryl methyl sites for hydroxylation is 1. The number of hydrogen-bond acceptors (Lipinski definition) is 4. The fraction of sp³-hybridized carbons (Fsp3) is 0.462. The summed E-state index contributed by atoms with van der Waals surface area (Å²) in [7, 11) is 0. The van der Waals surface area contributed by atoms with Crippen LogP contribution < -0.4 is 11.1 Å². The van der Waals surface area contributed by atoms with Gasteiger partial charge >= 0.3 is 0 Å². The maximum absolute atomic E-state index is 11.8. The molecule has 0 saturated carbocycles. The van der Waals surface area contributed by atoms with E-state index in [2.05, 4.69) is 5.32 Å². The van der Waals surface area contributed by atoms with Crippen LogP contribution in [-0.2, 0) is 6.42 Å². The van der Waals surface area contributed by atoms with Crippen LogP contribution in [-0.4, -0.2) is 23.4 Å². The Bertz CT molecular complexity index is 478. The van der Waals surface area contributed by atoms with E-state index in [0.717, 1.165) is 0 Å². The Morgan fingerprint density at radius 2 is 2.15 bits per heavy atom. The summed E-state index contributed by atoms with van der Waals surface area (Å²) >= 11 is 0. The van der Waals surface area contributed by atoms with Gasteiger partial charge in [-0.3, -0.25) is 14.9 Å². The number of nitrogens with zero attached hydrogens (tertiary/aromatic N) is 1. The Morgan fingerprint density at radius 1 is 1.50 bits per heavy atom. The third-order valence-electron chi connectivity index (χ3n) is 2.81. The minimum absolute atomic E-state index is 0. The van der Waals surface area contributed by atoms with Crippen molar-refractivity contribution < 1.29 is 9.72 Å². The highest BCUT2D eigenvalue weighted by molar-refractivity contribution is 5.94. The molecule has 0 heterocycles. The van der Waals surface area contributed by atoms with Crippen molar-refractivity contribution in [1.29, 1.82) is 0 Å². The summed E-state index contributed by atoms with van der Waals surface area (Å²) in [6.07, 6.45) is 1.23. The Labute approximate surface area is 124 Å². The smallest absolute Gasteiger partial charge is 0.273 e. The number of nitrogens with two attached hydrogens (primary N) is 1. The zero-order chi connectivity index (χ0) is 14.4. The van der Waals surface area contributed by atoms with E-state index in [9.17, 15) is 14.9 Å². The third-order valence-corrected chi connectivity index (χ3v) is 2.81. The van der Waals surface area contributed by atoms with E-state index in [1.54, 1.807) is 12.1 Å². The van der Waals surface area contributed by atoms with Crippen LogP contribution >= 0.6 is 12.4 Å². The molecule has 0 radical (unpaired) electrons. The highest BCUT2D eigenvalue weighted by Gasteiger charge is 2.16. The second kappa shape index (κ2) is 8.50. The number of nitro benzene ring substituents is 1. The number of nitrogens with one attached hydrogen (secondary N) is 1. The second-order valence-corrected chi connectivity index (χ2v) is 4.48. The molecule has 0 aliphatic heterocycles. The van der Waals surface area contributed by atoms with Crippen molar-refractivity contribution in [3.63, 3.8) is 0 Å². The standard InChI is InChI=1S/C13H19N3O3.ClH/c1-3-10-4-5-11(8-12(10)16(18)19)13(17)15-7-6-9(2)14;/h4-5,8-9H,3,6-7,14H2,1-2H3,(H,15,17);1H. The van der Waals surface area contributed by atoms with Gasteiger partial charge in [-0.25, -0.2) is 0 Å². The van der Waals surface area contributed by atoms with E-state index in [4.69, 9.17) is 5.73 Å². The van der Waals surface area contributed by atoms with Crippen molar-refractivity contribution >= 4 is 24.0 Å². The molecule has 7 heteroatoms. The molecular weight excluding hydrogens is 282 g/mol. The summed E-state index contributed by atoms with van der Waals surface area (Å²) in [5.41, 5.74) is 6.49. The fourth-order valence-electron chi connectivity index (χ4n) is 1.69. The Hall–Kier alpha value is -1.66. The first-order valence-corrected chi connectivity index (χ1v) is 6.26. The van der Waals surface area contributed by atoms with E-state index in [1.165, 1.54) is 6.07 Å². The van der Waals surface area contributed by atoms with Gasteiger partial charge in [0.1, 0.15) is 0 Å². The van der Waals surface area contributed by atoms with Crippen LogP contribution in [0.3, 0.4) is 0 Å². The van der Waals surface area contributed by atoms with Crippen molar-refractivity contribution in [2.24, 2.45) is 5.73 Å². The molecule has 1 aromatic rings. The molecule has 1 unspecified atom stereocenters.